The molecular weight excluding hydrogens is 352 g/mol. The van der Waals surface area contributed by atoms with Crippen molar-refractivity contribution in [1.29, 1.82) is 0 Å². The van der Waals surface area contributed by atoms with Crippen LogP contribution in [0.15, 0.2) is 46.9 Å². The van der Waals surface area contributed by atoms with Gasteiger partial charge >= 0.3 is 0 Å². The fourth-order valence-electron chi connectivity index (χ4n) is 2.53. The summed E-state index contributed by atoms with van der Waals surface area (Å²) in [6, 6.07) is 13.1. The first-order chi connectivity index (χ1) is 10.1. The number of benzene rings is 2. The first-order valence-electron chi connectivity index (χ1n) is 6.67. The van der Waals surface area contributed by atoms with E-state index in [4.69, 9.17) is 11.6 Å². The van der Waals surface area contributed by atoms with Gasteiger partial charge in [-0.2, -0.15) is 0 Å². The van der Waals surface area contributed by atoms with Crippen LogP contribution in [-0.2, 0) is 4.79 Å². The third-order valence-electron chi connectivity index (χ3n) is 3.65. The Morgan fingerprint density at radius 2 is 1.95 bits per heavy atom. The van der Waals surface area contributed by atoms with Gasteiger partial charge in [-0.05, 0) is 36.8 Å². The van der Waals surface area contributed by atoms with E-state index in [0.717, 1.165) is 21.3 Å². The number of nitrogens with one attached hydrogen (secondary N) is 2. The second kappa shape index (κ2) is 5.79. The van der Waals surface area contributed by atoms with Gasteiger partial charge in [0.1, 0.15) is 6.04 Å². The van der Waals surface area contributed by atoms with Crippen molar-refractivity contribution in [3.8, 4) is 0 Å². The lowest BCUT2D eigenvalue weighted by Crippen LogP contribution is -2.30. The molecule has 2 aromatic rings. The van der Waals surface area contributed by atoms with E-state index in [1.165, 1.54) is 0 Å². The van der Waals surface area contributed by atoms with E-state index in [-0.39, 0.29) is 18.0 Å². The summed E-state index contributed by atoms with van der Waals surface area (Å²) in [6.07, 6.45) is 0. The lowest BCUT2D eigenvalue weighted by Gasteiger charge is -2.19. The van der Waals surface area contributed by atoms with E-state index in [1.807, 2.05) is 49.4 Å². The van der Waals surface area contributed by atoms with Crippen molar-refractivity contribution in [3.63, 3.8) is 0 Å². The molecule has 21 heavy (non-hydrogen) atoms. The molecule has 3 nitrogen and oxygen atoms in total. The topological polar surface area (TPSA) is 41.1 Å². The number of hydrogen-bond donors (Lipinski definition) is 2. The Kier molecular flexibility index (Phi) is 4.02. The summed E-state index contributed by atoms with van der Waals surface area (Å²) in [5.74, 6) is -0.0299. The number of carbonyl (C=O) groups is 1. The van der Waals surface area contributed by atoms with Gasteiger partial charge in [-0.3, -0.25) is 10.1 Å². The van der Waals surface area contributed by atoms with Gasteiger partial charge in [0.15, 0.2) is 0 Å². The summed E-state index contributed by atoms with van der Waals surface area (Å²) in [5.41, 5.74) is 2.91. The molecule has 1 heterocycles. The van der Waals surface area contributed by atoms with Gasteiger partial charge in [0, 0.05) is 26.8 Å². The van der Waals surface area contributed by atoms with Gasteiger partial charge in [0.05, 0.1) is 0 Å². The van der Waals surface area contributed by atoms with Gasteiger partial charge in [0.2, 0.25) is 5.91 Å². The standard InChI is InChI=1S/C16H14BrClN2O/c1-9(10-5-7-11(18)8-6-10)19-15-14-12(17)3-2-4-13(14)20-16(15)21/h2-9,15,19H,1H3,(H,20,21). The highest BCUT2D eigenvalue weighted by atomic mass is 79.9. The largest absolute Gasteiger partial charge is 0.324 e. The van der Waals surface area contributed by atoms with Gasteiger partial charge in [0.25, 0.3) is 0 Å². The number of fused-ring (bicyclic) bond motifs is 1. The summed E-state index contributed by atoms with van der Waals surface area (Å²) < 4.78 is 0.930. The average Bonchev–Trinajstić information content (AvgIpc) is 2.77. The van der Waals surface area contributed by atoms with Gasteiger partial charge < -0.3 is 5.32 Å². The maximum Gasteiger partial charge on any atom is 0.246 e. The van der Waals surface area contributed by atoms with Crippen LogP contribution in [0.5, 0.6) is 0 Å². The molecular formula is C16H14BrClN2O. The minimum atomic E-state index is -0.360. The number of anilines is 1. The van der Waals surface area contributed by atoms with E-state index >= 15 is 0 Å². The number of amides is 1. The predicted octanol–water partition coefficient (Wildman–Crippen LogP) is 4.45. The quantitative estimate of drug-likeness (QED) is 0.844. The van der Waals surface area contributed by atoms with Crippen molar-refractivity contribution in [2.24, 2.45) is 0 Å². The zero-order chi connectivity index (χ0) is 15.0. The molecule has 2 atom stereocenters. The lowest BCUT2D eigenvalue weighted by molar-refractivity contribution is -0.117. The van der Waals surface area contributed by atoms with Gasteiger partial charge in [-0.15, -0.1) is 0 Å². The molecule has 0 spiro atoms. The number of rotatable bonds is 3. The second-order valence-electron chi connectivity index (χ2n) is 5.06. The van der Waals surface area contributed by atoms with E-state index in [0.29, 0.717) is 5.02 Å². The number of hydrogen-bond acceptors (Lipinski definition) is 2. The summed E-state index contributed by atoms with van der Waals surface area (Å²) in [6.45, 7) is 2.03. The van der Waals surface area contributed by atoms with Crippen LogP contribution in [0.3, 0.4) is 0 Å². The highest BCUT2D eigenvalue weighted by molar-refractivity contribution is 9.10. The zero-order valence-corrected chi connectivity index (χ0v) is 13.7. The van der Waals surface area contributed by atoms with Crippen molar-refractivity contribution < 1.29 is 4.79 Å². The highest BCUT2D eigenvalue weighted by Crippen LogP contribution is 2.37. The third-order valence-corrected chi connectivity index (χ3v) is 4.59. The van der Waals surface area contributed by atoms with E-state index in [2.05, 4.69) is 26.6 Å². The molecule has 0 bridgehead atoms. The van der Waals surface area contributed by atoms with E-state index in [9.17, 15) is 4.79 Å². The molecule has 0 aliphatic carbocycles. The minimum absolute atomic E-state index is 0.0299. The second-order valence-corrected chi connectivity index (χ2v) is 6.35. The fourth-order valence-corrected chi connectivity index (χ4v) is 3.25. The van der Waals surface area contributed by atoms with Crippen molar-refractivity contribution in [3.05, 3.63) is 63.1 Å². The first kappa shape index (κ1) is 14.6. The van der Waals surface area contributed by atoms with Crippen LogP contribution in [0.1, 0.15) is 30.1 Å². The summed E-state index contributed by atoms with van der Waals surface area (Å²) in [7, 11) is 0. The van der Waals surface area contributed by atoms with Crippen LogP contribution < -0.4 is 10.6 Å². The molecule has 1 amide bonds. The van der Waals surface area contributed by atoms with Crippen molar-refractivity contribution in [1.82, 2.24) is 5.32 Å². The van der Waals surface area contributed by atoms with E-state index < -0.39 is 0 Å². The van der Waals surface area contributed by atoms with Gasteiger partial charge in [-0.1, -0.05) is 45.7 Å². The Balaban J connectivity index is 1.85. The molecule has 108 valence electrons. The Hall–Kier alpha value is -1.36. The Morgan fingerprint density at radius 1 is 1.24 bits per heavy atom. The average molecular weight is 366 g/mol. The maximum absolute atomic E-state index is 12.2. The number of halogens is 2. The molecule has 1 aliphatic heterocycles. The fraction of sp³-hybridized carbons (Fsp3) is 0.188. The first-order valence-corrected chi connectivity index (χ1v) is 7.84. The summed E-state index contributed by atoms with van der Waals surface area (Å²) >= 11 is 9.43. The van der Waals surface area contributed by atoms with Crippen molar-refractivity contribution >= 4 is 39.1 Å². The molecule has 0 saturated heterocycles. The molecule has 0 saturated carbocycles. The predicted molar refractivity (Wildman–Crippen MR) is 88.5 cm³/mol. The molecule has 0 aromatic heterocycles. The molecule has 2 aromatic carbocycles. The molecule has 3 rings (SSSR count). The van der Waals surface area contributed by atoms with Crippen molar-refractivity contribution in [2.75, 3.05) is 5.32 Å². The normalized spacial score (nSPS) is 18.2. The summed E-state index contributed by atoms with van der Waals surface area (Å²) in [5, 5.41) is 6.98. The molecule has 2 N–H and O–H groups in total. The summed E-state index contributed by atoms with van der Waals surface area (Å²) in [4.78, 5) is 12.2. The smallest absolute Gasteiger partial charge is 0.246 e. The third kappa shape index (κ3) is 2.84. The Labute approximate surface area is 136 Å². The van der Waals surface area contributed by atoms with Crippen LogP contribution in [-0.4, -0.2) is 5.91 Å². The van der Waals surface area contributed by atoms with Crippen LogP contribution in [0.2, 0.25) is 5.02 Å². The molecule has 1 aliphatic rings. The van der Waals surface area contributed by atoms with Gasteiger partial charge in [-0.25, -0.2) is 0 Å². The lowest BCUT2D eigenvalue weighted by atomic mass is 10.0. The molecule has 0 fully saturated rings. The molecule has 5 heteroatoms. The molecule has 0 radical (unpaired) electrons. The van der Waals surface area contributed by atoms with Crippen LogP contribution in [0.25, 0.3) is 0 Å². The van der Waals surface area contributed by atoms with E-state index in [1.54, 1.807) is 0 Å². The zero-order valence-electron chi connectivity index (χ0n) is 11.4. The maximum atomic E-state index is 12.2. The highest BCUT2D eigenvalue weighted by Gasteiger charge is 2.33. The SMILES string of the molecule is CC(NC1C(=O)Nc2cccc(Br)c21)c1ccc(Cl)cc1. The molecule has 2 unspecified atom stereocenters. The van der Waals surface area contributed by atoms with Crippen molar-refractivity contribution in [2.45, 2.75) is 19.0 Å². The van der Waals surface area contributed by atoms with Crippen LogP contribution in [0.4, 0.5) is 5.69 Å². The monoisotopic (exact) mass is 364 g/mol. The van der Waals surface area contributed by atoms with Crippen LogP contribution in [0, 0.1) is 0 Å². The minimum Gasteiger partial charge on any atom is -0.324 e. The Morgan fingerprint density at radius 3 is 2.67 bits per heavy atom. The van der Waals surface area contributed by atoms with Crippen LogP contribution >= 0.6 is 27.5 Å². The number of carbonyl (C=O) groups excluding carboxylic acids is 1. The Bertz CT molecular complexity index is 687.